The van der Waals surface area contributed by atoms with E-state index in [1.54, 1.807) is 0 Å². The van der Waals surface area contributed by atoms with Gasteiger partial charge in [-0.15, -0.1) is 0 Å². The lowest BCUT2D eigenvalue weighted by Gasteiger charge is -2.26. The van der Waals surface area contributed by atoms with Gasteiger partial charge in [0.2, 0.25) is 11.8 Å². The first kappa shape index (κ1) is 28.7. The van der Waals surface area contributed by atoms with E-state index in [2.05, 4.69) is 69.0 Å². The van der Waals surface area contributed by atoms with Gasteiger partial charge in [-0.2, -0.15) is 0 Å². The first-order valence-electron chi connectivity index (χ1n) is 14.5. The van der Waals surface area contributed by atoms with E-state index in [1.165, 1.54) is 10.8 Å². The number of hydrogen-bond donors (Lipinski definition) is 2. The Balaban J connectivity index is 1.14. The van der Waals surface area contributed by atoms with Gasteiger partial charge in [-0.1, -0.05) is 84.9 Å². The Hall–Kier alpha value is -3.78. The van der Waals surface area contributed by atoms with Crippen LogP contribution in [0.4, 0.5) is 0 Å². The first-order chi connectivity index (χ1) is 20.0. The van der Waals surface area contributed by atoms with Crippen molar-refractivity contribution >= 4 is 33.4 Å². The van der Waals surface area contributed by atoms with Crippen molar-refractivity contribution in [3.05, 3.63) is 96.1 Å². The second-order valence-corrected chi connectivity index (χ2v) is 10.9. The molecule has 5 rings (SSSR count). The number of amides is 2. The van der Waals surface area contributed by atoms with Crippen LogP contribution in [0.15, 0.2) is 84.9 Å². The highest BCUT2D eigenvalue weighted by molar-refractivity contribution is 5.88. The Bertz CT molecular complexity index is 1370. The molecule has 4 aromatic rings. The van der Waals surface area contributed by atoms with Crippen LogP contribution in [-0.2, 0) is 14.3 Å². The third-order valence-corrected chi connectivity index (χ3v) is 7.91. The molecule has 0 aliphatic carbocycles. The second-order valence-electron chi connectivity index (χ2n) is 10.9. The summed E-state index contributed by atoms with van der Waals surface area (Å²) in [6.45, 7) is 8.48. The van der Waals surface area contributed by atoms with Crippen molar-refractivity contribution in [2.24, 2.45) is 0 Å². The fraction of sp³-hybridized carbons (Fsp3) is 0.353. The molecule has 2 atom stereocenters. The first-order valence-corrected chi connectivity index (χ1v) is 14.5. The zero-order valence-corrected chi connectivity index (χ0v) is 24.0. The maximum atomic E-state index is 13.1. The highest BCUT2D eigenvalue weighted by atomic mass is 16.5. The molecule has 4 aromatic carbocycles. The monoisotopic (exact) mass is 552 g/mol. The van der Waals surface area contributed by atoms with Gasteiger partial charge in [0.05, 0.1) is 38.4 Å². The van der Waals surface area contributed by atoms with Gasteiger partial charge >= 0.3 is 0 Å². The van der Waals surface area contributed by atoms with Crippen molar-refractivity contribution < 1.29 is 14.3 Å². The van der Waals surface area contributed by atoms with E-state index < -0.39 is 0 Å². The molecule has 1 fully saturated rings. The van der Waals surface area contributed by atoms with E-state index >= 15 is 0 Å². The SMILES string of the molecule is C[C@H](NC(=O)CN1CCOCCN(CC(=O)N[C@@H](C)c2cccc3ccccc23)CC1)c1cccc2ccccc12. The Kier molecular flexibility index (Phi) is 9.62. The highest BCUT2D eigenvalue weighted by Crippen LogP contribution is 2.25. The molecule has 41 heavy (non-hydrogen) atoms. The molecule has 1 aliphatic heterocycles. The van der Waals surface area contributed by atoms with Gasteiger partial charge in [0, 0.05) is 26.2 Å². The molecule has 0 aromatic heterocycles. The van der Waals surface area contributed by atoms with Gasteiger partial charge in [-0.25, -0.2) is 0 Å². The standard InChI is InChI=1S/C34H40N4O3/c1-25(29-15-7-11-27-9-3-5-13-31(27)29)35-33(39)23-37-17-18-38(20-22-41-21-19-37)24-34(40)36-26(2)30-16-8-12-28-10-4-6-14-32(28)30/h3-16,25-26H,17-24H2,1-2H3,(H,35,39)(H,36,40)/t25-,26-/m0/s1. The summed E-state index contributed by atoms with van der Waals surface area (Å²) >= 11 is 0. The van der Waals surface area contributed by atoms with E-state index in [9.17, 15) is 9.59 Å². The van der Waals surface area contributed by atoms with Gasteiger partial charge < -0.3 is 15.4 Å². The second kappa shape index (κ2) is 13.7. The molecule has 0 saturated carbocycles. The summed E-state index contributed by atoms with van der Waals surface area (Å²) in [4.78, 5) is 30.3. The number of ether oxygens (including phenoxy) is 1. The fourth-order valence-corrected chi connectivity index (χ4v) is 5.70. The molecular weight excluding hydrogens is 512 g/mol. The Labute approximate surface area is 242 Å². The number of nitrogens with one attached hydrogen (secondary N) is 2. The van der Waals surface area contributed by atoms with E-state index in [4.69, 9.17) is 4.74 Å². The van der Waals surface area contributed by atoms with Crippen LogP contribution in [0.1, 0.15) is 37.1 Å². The van der Waals surface area contributed by atoms with Crippen LogP contribution in [0.5, 0.6) is 0 Å². The quantitative estimate of drug-likeness (QED) is 0.332. The van der Waals surface area contributed by atoms with Crippen LogP contribution in [0.2, 0.25) is 0 Å². The van der Waals surface area contributed by atoms with Gasteiger partial charge in [0.1, 0.15) is 0 Å². The molecule has 2 amide bonds. The van der Waals surface area contributed by atoms with Gasteiger partial charge in [-0.3, -0.25) is 19.4 Å². The van der Waals surface area contributed by atoms with Crippen molar-refractivity contribution in [2.45, 2.75) is 25.9 Å². The smallest absolute Gasteiger partial charge is 0.234 e. The van der Waals surface area contributed by atoms with E-state index in [1.807, 2.05) is 50.2 Å². The van der Waals surface area contributed by atoms with Crippen LogP contribution < -0.4 is 10.6 Å². The summed E-state index contributed by atoms with van der Waals surface area (Å²) in [6, 6.07) is 28.7. The average molecular weight is 553 g/mol. The van der Waals surface area contributed by atoms with Crippen molar-refractivity contribution in [3.63, 3.8) is 0 Å². The minimum absolute atomic E-state index is 0.0158. The summed E-state index contributed by atoms with van der Waals surface area (Å²) in [6.07, 6.45) is 0. The number of carbonyl (C=O) groups excluding carboxylic acids is 2. The third kappa shape index (κ3) is 7.50. The van der Waals surface area contributed by atoms with Crippen LogP contribution >= 0.6 is 0 Å². The zero-order valence-electron chi connectivity index (χ0n) is 24.0. The van der Waals surface area contributed by atoms with E-state index in [0.717, 1.165) is 21.9 Å². The molecular formula is C34H40N4O3. The summed E-state index contributed by atoms with van der Waals surface area (Å²) in [5, 5.41) is 11.0. The maximum Gasteiger partial charge on any atom is 0.234 e. The van der Waals surface area contributed by atoms with Crippen LogP contribution in [0.3, 0.4) is 0 Å². The lowest BCUT2D eigenvalue weighted by molar-refractivity contribution is -0.124. The van der Waals surface area contributed by atoms with Crippen molar-refractivity contribution in [2.75, 3.05) is 52.5 Å². The van der Waals surface area contributed by atoms with Gasteiger partial charge in [0.25, 0.3) is 0 Å². The largest absolute Gasteiger partial charge is 0.379 e. The Morgan fingerprint density at radius 2 is 1.05 bits per heavy atom. The average Bonchev–Trinajstić information content (AvgIpc) is 3.08. The molecule has 0 bridgehead atoms. The van der Waals surface area contributed by atoms with Crippen LogP contribution in [0.25, 0.3) is 21.5 Å². The molecule has 0 spiro atoms. The lowest BCUT2D eigenvalue weighted by atomic mass is 10.00. The highest BCUT2D eigenvalue weighted by Gasteiger charge is 2.20. The molecule has 1 aliphatic rings. The lowest BCUT2D eigenvalue weighted by Crippen LogP contribution is -2.44. The van der Waals surface area contributed by atoms with E-state index in [0.29, 0.717) is 39.4 Å². The van der Waals surface area contributed by atoms with Crippen molar-refractivity contribution in [1.82, 2.24) is 20.4 Å². The number of nitrogens with zero attached hydrogens (tertiary/aromatic N) is 2. The molecule has 7 nitrogen and oxygen atoms in total. The van der Waals surface area contributed by atoms with Gasteiger partial charge in [-0.05, 0) is 46.5 Å². The molecule has 1 saturated heterocycles. The summed E-state index contributed by atoms with van der Waals surface area (Å²) in [5.41, 5.74) is 2.22. The minimum Gasteiger partial charge on any atom is -0.379 e. The molecule has 214 valence electrons. The molecule has 7 heteroatoms. The molecule has 0 unspecified atom stereocenters. The number of hydrogen-bond acceptors (Lipinski definition) is 5. The fourth-order valence-electron chi connectivity index (χ4n) is 5.70. The summed E-state index contributed by atoms with van der Waals surface area (Å²) in [7, 11) is 0. The van der Waals surface area contributed by atoms with Crippen LogP contribution in [-0.4, -0.2) is 74.1 Å². The predicted octanol–water partition coefficient (Wildman–Crippen LogP) is 4.68. The number of fused-ring (bicyclic) bond motifs is 2. The molecule has 1 heterocycles. The number of benzene rings is 4. The summed E-state index contributed by atoms with van der Waals surface area (Å²) < 4.78 is 5.83. The van der Waals surface area contributed by atoms with Crippen LogP contribution in [0, 0.1) is 0 Å². The van der Waals surface area contributed by atoms with Crippen molar-refractivity contribution in [3.8, 4) is 0 Å². The molecule has 2 N–H and O–H groups in total. The molecule has 0 radical (unpaired) electrons. The van der Waals surface area contributed by atoms with E-state index in [-0.39, 0.29) is 37.0 Å². The predicted molar refractivity (Wildman–Crippen MR) is 165 cm³/mol. The third-order valence-electron chi connectivity index (χ3n) is 7.91. The number of rotatable bonds is 8. The normalized spacial score (nSPS) is 16.8. The maximum absolute atomic E-state index is 13.1. The Morgan fingerprint density at radius 1 is 0.634 bits per heavy atom. The number of carbonyl (C=O) groups is 2. The topological polar surface area (TPSA) is 73.9 Å². The van der Waals surface area contributed by atoms with Gasteiger partial charge in [0.15, 0.2) is 0 Å². The zero-order chi connectivity index (χ0) is 28.6. The Morgan fingerprint density at radius 3 is 1.51 bits per heavy atom. The minimum atomic E-state index is -0.105. The van der Waals surface area contributed by atoms with Crippen molar-refractivity contribution in [1.29, 1.82) is 0 Å². The summed E-state index contributed by atoms with van der Waals surface area (Å²) in [5.74, 6) is -0.0317.